The molecule has 1 aromatic carbocycles. The molecule has 1 amide bonds. The van der Waals surface area contributed by atoms with Crippen molar-refractivity contribution in [3.05, 3.63) is 29.3 Å². The maximum atomic E-state index is 11.1. The van der Waals surface area contributed by atoms with E-state index in [1.807, 2.05) is 43.9 Å². The average molecular weight is 236 g/mol. The lowest BCUT2D eigenvalue weighted by atomic mass is 10.1. The number of benzene rings is 1. The molecule has 94 valence electrons. The zero-order valence-electron chi connectivity index (χ0n) is 10.6. The Kier molecular flexibility index (Phi) is 4.52. The number of rotatable bonds is 5. The molecule has 0 spiro atoms. The van der Waals surface area contributed by atoms with Gasteiger partial charge in [0.2, 0.25) is 5.91 Å². The van der Waals surface area contributed by atoms with E-state index in [-0.39, 0.29) is 25.1 Å². The van der Waals surface area contributed by atoms with Crippen molar-refractivity contribution in [3.8, 4) is 0 Å². The predicted molar refractivity (Wildman–Crippen MR) is 68.8 cm³/mol. The molecule has 0 heterocycles. The summed E-state index contributed by atoms with van der Waals surface area (Å²) in [5.41, 5.74) is 8.14. The smallest absolute Gasteiger partial charge is 0.236 e. The van der Waals surface area contributed by atoms with E-state index >= 15 is 0 Å². The lowest BCUT2D eigenvalue weighted by Crippen LogP contribution is -2.39. The van der Waals surface area contributed by atoms with E-state index < -0.39 is 0 Å². The Balaban J connectivity index is 3.06. The third-order valence-corrected chi connectivity index (χ3v) is 2.70. The Labute approximate surface area is 102 Å². The fourth-order valence-corrected chi connectivity index (χ4v) is 1.85. The number of carbonyl (C=O) groups is 1. The maximum absolute atomic E-state index is 11.1. The van der Waals surface area contributed by atoms with E-state index in [2.05, 4.69) is 0 Å². The van der Waals surface area contributed by atoms with Crippen molar-refractivity contribution in [2.75, 3.05) is 11.4 Å². The van der Waals surface area contributed by atoms with Crippen molar-refractivity contribution in [1.29, 1.82) is 0 Å². The highest BCUT2D eigenvalue weighted by Crippen LogP contribution is 2.23. The number of primary amides is 1. The van der Waals surface area contributed by atoms with Gasteiger partial charge in [0.25, 0.3) is 0 Å². The van der Waals surface area contributed by atoms with Crippen LogP contribution in [0.3, 0.4) is 0 Å². The van der Waals surface area contributed by atoms with Gasteiger partial charge in [-0.1, -0.05) is 12.1 Å². The van der Waals surface area contributed by atoms with Crippen LogP contribution in [0.1, 0.15) is 25.0 Å². The first-order chi connectivity index (χ1) is 7.95. The number of aliphatic hydroxyl groups excluding tert-OH is 1. The summed E-state index contributed by atoms with van der Waals surface area (Å²) in [4.78, 5) is 13.0. The minimum Gasteiger partial charge on any atom is -0.392 e. The molecule has 0 aliphatic heterocycles. The summed E-state index contributed by atoms with van der Waals surface area (Å²) in [5, 5.41) is 9.06. The SMILES string of the molecule is Cc1cc(CO)ccc1N(CC(N)=O)C(C)C. The number of aryl methyl sites for hydroxylation is 1. The van der Waals surface area contributed by atoms with Gasteiger partial charge in [0.1, 0.15) is 0 Å². The summed E-state index contributed by atoms with van der Waals surface area (Å²) in [7, 11) is 0. The number of hydrogen-bond donors (Lipinski definition) is 2. The zero-order chi connectivity index (χ0) is 13.0. The van der Waals surface area contributed by atoms with Gasteiger partial charge in [0.15, 0.2) is 0 Å². The van der Waals surface area contributed by atoms with Gasteiger partial charge in [0, 0.05) is 11.7 Å². The third-order valence-electron chi connectivity index (χ3n) is 2.70. The second-order valence-electron chi connectivity index (χ2n) is 4.47. The molecule has 0 bridgehead atoms. The normalized spacial score (nSPS) is 10.6. The number of nitrogens with two attached hydrogens (primary N) is 1. The van der Waals surface area contributed by atoms with Crippen molar-refractivity contribution in [1.82, 2.24) is 0 Å². The molecule has 0 unspecified atom stereocenters. The van der Waals surface area contributed by atoms with E-state index in [0.717, 1.165) is 16.8 Å². The molecule has 17 heavy (non-hydrogen) atoms. The van der Waals surface area contributed by atoms with Crippen LogP contribution in [0.2, 0.25) is 0 Å². The van der Waals surface area contributed by atoms with Gasteiger partial charge in [-0.05, 0) is 38.0 Å². The first kappa shape index (κ1) is 13.5. The molecular weight excluding hydrogens is 216 g/mol. The first-order valence-electron chi connectivity index (χ1n) is 5.71. The monoisotopic (exact) mass is 236 g/mol. The van der Waals surface area contributed by atoms with Crippen LogP contribution >= 0.6 is 0 Å². The summed E-state index contributed by atoms with van der Waals surface area (Å²) < 4.78 is 0. The zero-order valence-corrected chi connectivity index (χ0v) is 10.6. The maximum Gasteiger partial charge on any atom is 0.236 e. The molecule has 0 aromatic heterocycles. The average Bonchev–Trinajstić information content (AvgIpc) is 2.25. The molecular formula is C13H20N2O2. The van der Waals surface area contributed by atoms with Gasteiger partial charge in [-0.15, -0.1) is 0 Å². The van der Waals surface area contributed by atoms with Crippen molar-refractivity contribution >= 4 is 11.6 Å². The highest BCUT2D eigenvalue weighted by atomic mass is 16.3. The summed E-state index contributed by atoms with van der Waals surface area (Å²) in [5.74, 6) is -0.343. The summed E-state index contributed by atoms with van der Waals surface area (Å²) >= 11 is 0. The van der Waals surface area contributed by atoms with Gasteiger partial charge >= 0.3 is 0 Å². The van der Waals surface area contributed by atoms with E-state index in [1.165, 1.54) is 0 Å². The number of amides is 1. The largest absolute Gasteiger partial charge is 0.392 e. The highest BCUT2D eigenvalue weighted by Gasteiger charge is 2.15. The molecule has 0 atom stereocenters. The molecule has 0 saturated carbocycles. The lowest BCUT2D eigenvalue weighted by Gasteiger charge is -2.29. The Morgan fingerprint density at radius 1 is 1.47 bits per heavy atom. The molecule has 0 radical (unpaired) electrons. The van der Waals surface area contributed by atoms with E-state index in [9.17, 15) is 4.79 Å². The molecule has 4 heteroatoms. The fraction of sp³-hybridized carbons (Fsp3) is 0.462. The molecule has 1 aromatic rings. The van der Waals surface area contributed by atoms with Crippen LogP contribution in [-0.4, -0.2) is 23.6 Å². The first-order valence-corrected chi connectivity index (χ1v) is 5.71. The van der Waals surface area contributed by atoms with Crippen LogP contribution in [0, 0.1) is 6.92 Å². The second kappa shape index (κ2) is 5.68. The number of anilines is 1. The van der Waals surface area contributed by atoms with Crippen LogP contribution in [0.4, 0.5) is 5.69 Å². The Bertz CT molecular complexity index is 402. The highest BCUT2D eigenvalue weighted by molar-refractivity contribution is 5.80. The molecule has 0 fully saturated rings. The minimum atomic E-state index is -0.343. The third kappa shape index (κ3) is 3.46. The van der Waals surface area contributed by atoms with Crippen molar-refractivity contribution in [2.24, 2.45) is 5.73 Å². The summed E-state index contributed by atoms with van der Waals surface area (Å²) in [6.45, 7) is 6.23. The quantitative estimate of drug-likeness (QED) is 0.807. The predicted octanol–water partition coefficient (Wildman–Crippen LogP) is 1.19. The topological polar surface area (TPSA) is 66.6 Å². The molecule has 3 N–H and O–H groups in total. The summed E-state index contributed by atoms with van der Waals surface area (Å²) in [6, 6.07) is 5.90. The lowest BCUT2D eigenvalue weighted by molar-refractivity contribution is -0.116. The number of carbonyl (C=O) groups excluding carboxylic acids is 1. The van der Waals surface area contributed by atoms with Gasteiger partial charge < -0.3 is 15.7 Å². The Hall–Kier alpha value is -1.55. The molecule has 0 aliphatic rings. The molecule has 1 rings (SSSR count). The van der Waals surface area contributed by atoms with Crippen molar-refractivity contribution in [3.63, 3.8) is 0 Å². The Morgan fingerprint density at radius 3 is 2.53 bits per heavy atom. The molecule has 4 nitrogen and oxygen atoms in total. The number of nitrogens with zero attached hydrogens (tertiary/aromatic N) is 1. The van der Waals surface area contributed by atoms with Crippen LogP contribution in [-0.2, 0) is 11.4 Å². The van der Waals surface area contributed by atoms with E-state index in [4.69, 9.17) is 10.8 Å². The molecule has 0 saturated heterocycles. The minimum absolute atomic E-state index is 0.0264. The summed E-state index contributed by atoms with van der Waals surface area (Å²) in [6.07, 6.45) is 0. The van der Waals surface area contributed by atoms with E-state index in [1.54, 1.807) is 0 Å². The standard InChI is InChI=1S/C13H20N2O2/c1-9(2)15(7-13(14)17)12-5-4-11(8-16)6-10(12)3/h4-6,9,16H,7-8H2,1-3H3,(H2,14,17). The second-order valence-corrected chi connectivity index (χ2v) is 4.47. The fourth-order valence-electron chi connectivity index (χ4n) is 1.85. The van der Waals surface area contributed by atoms with Crippen LogP contribution in [0.25, 0.3) is 0 Å². The Morgan fingerprint density at radius 2 is 2.12 bits per heavy atom. The molecule has 0 aliphatic carbocycles. The number of aliphatic hydroxyl groups is 1. The van der Waals surface area contributed by atoms with Crippen LogP contribution < -0.4 is 10.6 Å². The van der Waals surface area contributed by atoms with E-state index in [0.29, 0.717) is 0 Å². The van der Waals surface area contributed by atoms with Crippen LogP contribution in [0.5, 0.6) is 0 Å². The number of hydrogen-bond acceptors (Lipinski definition) is 3. The van der Waals surface area contributed by atoms with Gasteiger partial charge in [0.05, 0.1) is 13.2 Å². The van der Waals surface area contributed by atoms with Gasteiger partial charge in [-0.25, -0.2) is 0 Å². The van der Waals surface area contributed by atoms with Gasteiger partial charge in [-0.3, -0.25) is 4.79 Å². The van der Waals surface area contributed by atoms with Crippen molar-refractivity contribution < 1.29 is 9.90 Å². The van der Waals surface area contributed by atoms with Crippen LogP contribution in [0.15, 0.2) is 18.2 Å². The van der Waals surface area contributed by atoms with Crippen molar-refractivity contribution in [2.45, 2.75) is 33.4 Å². The van der Waals surface area contributed by atoms with Gasteiger partial charge in [-0.2, -0.15) is 0 Å².